The SMILES string of the molecule is CCOc1cc(C=NN)c(Br)c(Br)c1OC. The summed E-state index contributed by atoms with van der Waals surface area (Å²) in [4.78, 5) is 0. The molecule has 0 bridgehead atoms. The molecule has 2 N–H and O–H groups in total. The maximum absolute atomic E-state index is 5.47. The van der Waals surface area contributed by atoms with Crippen LogP contribution in [0.15, 0.2) is 20.1 Å². The van der Waals surface area contributed by atoms with E-state index in [1.165, 1.54) is 6.21 Å². The predicted molar refractivity (Wildman–Crippen MR) is 71.3 cm³/mol. The Labute approximate surface area is 111 Å². The summed E-state index contributed by atoms with van der Waals surface area (Å²) < 4.78 is 12.3. The number of hydrogen-bond acceptors (Lipinski definition) is 4. The quantitative estimate of drug-likeness (QED) is 0.515. The summed E-state index contributed by atoms with van der Waals surface area (Å²) in [6.07, 6.45) is 1.54. The van der Waals surface area contributed by atoms with Gasteiger partial charge in [0.25, 0.3) is 0 Å². The molecule has 0 saturated carbocycles. The fraction of sp³-hybridized carbons (Fsp3) is 0.300. The Morgan fingerprint density at radius 3 is 2.62 bits per heavy atom. The van der Waals surface area contributed by atoms with Crippen molar-refractivity contribution in [1.29, 1.82) is 0 Å². The van der Waals surface area contributed by atoms with Gasteiger partial charge < -0.3 is 15.3 Å². The molecular weight excluding hydrogens is 340 g/mol. The average molecular weight is 352 g/mol. The van der Waals surface area contributed by atoms with Gasteiger partial charge in [-0.15, -0.1) is 0 Å². The highest BCUT2D eigenvalue weighted by Gasteiger charge is 2.15. The number of hydrogen-bond donors (Lipinski definition) is 1. The van der Waals surface area contributed by atoms with Crippen LogP contribution in [0.5, 0.6) is 11.5 Å². The van der Waals surface area contributed by atoms with Gasteiger partial charge in [-0.1, -0.05) is 0 Å². The van der Waals surface area contributed by atoms with Crippen molar-refractivity contribution in [1.82, 2.24) is 0 Å². The van der Waals surface area contributed by atoms with E-state index in [9.17, 15) is 0 Å². The number of hydrazone groups is 1. The van der Waals surface area contributed by atoms with Crippen LogP contribution in [0.2, 0.25) is 0 Å². The second kappa shape index (κ2) is 6.10. The van der Waals surface area contributed by atoms with Crippen molar-refractivity contribution in [3.8, 4) is 11.5 Å². The molecule has 1 rings (SSSR count). The molecule has 6 heteroatoms. The Balaban J connectivity index is 3.36. The molecule has 0 amide bonds. The van der Waals surface area contributed by atoms with Gasteiger partial charge in [-0.3, -0.25) is 0 Å². The first kappa shape index (κ1) is 13.3. The molecule has 4 nitrogen and oxygen atoms in total. The van der Waals surface area contributed by atoms with E-state index in [0.29, 0.717) is 18.1 Å². The molecule has 88 valence electrons. The van der Waals surface area contributed by atoms with Crippen LogP contribution in [-0.4, -0.2) is 19.9 Å². The third-order valence-corrected chi connectivity index (χ3v) is 4.02. The molecule has 0 radical (unpaired) electrons. The summed E-state index contributed by atoms with van der Waals surface area (Å²) in [6.45, 7) is 2.47. The second-order valence-electron chi connectivity index (χ2n) is 2.84. The summed E-state index contributed by atoms with van der Waals surface area (Å²) in [5, 5.41) is 3.49. The fourth-order valence-electron chi connectivity index (χ4n) is 1.23. The number of ether oxygens (including phenoxy) is 2. The minimum absolute atomic E-state index is 0.559. The van der Waals surface area contributed by atoms with Crippen molar-refractivity contribution in [2.24, 2.45) is 10.9 Å². The van der Waals surface area contributed by atoms with Gasteiger partial charge in [0, 0.05) is 10.0 Å². The van der Waals surface area contributed by atoms with E-state index in [1.54, 1.807) is 7.11 Å². The molecule has 0 atom stereocenters. The van der Waals surface area contributed by atoms with Gasteiger partial charge in [0.05, 0.1) is 24.4 Å². The summed E-state index contributed by atoms with van der Waals surface area (Å²) >= 11 is 6.86. The highest BCUT2D eigenvalue weighted by atomic mass is 79.9. The second-order valence-corrected chi connectivity index (χ2v) is 4.42. The number of methoxy groups -OCH3 is 1. The third kappa shape index (κ3) is 2.68. The van der Waals surface area contributed by atoms with E-state index in [0.717, 1.165) is 14.5 Å². The molecule has 1 aromatic rings. The molecular formula is C10H12Br2N2O2. The van der Waals surface area contributed by atoms with Crippen LogP contribution in [0.25, 0.3) is 0 Å². The Morgan fingerprint density at radius 1 is 1.44 bits per heavy atom. The van der Waals surface area contributed by atoms with Crippen LogP contribution >= 0.6 is 31.9 Å². The molecule has 0 unspecified atom stereocenters. The van der Waals surface area contributed by atoms with E-state index in [2.05, 4.69) is 37.0 Å². The van der Waals surface area contributed by atoms with Gasteiger partial charge in [0.2, 0.25) is 0 Å². The minimum atomic E-state index is 0.559. The molecule has 0 saturated heterocycles. The Bertz CT molecular complexity index is 408. The third-order valence-electron chi connectivity index (χ3n) is 1.87. The summed E-state index contributed by atoms with van der Waals surface area (Å²) in [5.74, 6) is 6.43. The van der Waals surface area contributed by atoms with E-state index in [1.807, 2.05) is 13.0 Å². The maximum Gasteiger partial charge on any atom is 0.176 e. The Morgan fingerprint density at radius 2 is 2.12 bits per heavy atom. The number of rotatable bonds is 4. The zero-order valence-electron chi connectivity index (χ0n) is 8.96. The molecule has 0 aliphatic rings. The Kier molecular flexibility index (Phi) is 5.08. The van der Waals surface area contributed by atoms with Crippen molar-refractivity contribution in [3.63, 3.8) is 0 Å². The lowest BCUT2D eigenvalue weighted by Crippen LogP contribution is -1.99. The predicted octanol–water partition coefficient (Wildman–Crippen LogP) is 2.91. The van der Waals surface area contributed by atoms with Crippen molar-refractivity contribution >= 4 is 38.1 Å². The normalized spacial score (nSPS) is 10.8. The first-order chi connectivity index (χ1) is 7.65. The number of nitrogens with two attached hydrogens (primary N) is 1. The smallest absolute Gasteiger partial charge is 0.176 e. The van der Waals surface area contributed by atoms with Crippen LogP contribution in [0, 0.1) is 0 Å². The zero-order valence-corrected chi connectivity index (χ0v) is 12.1. The van der Waals surface area contributed by atoms with Gasteiger partial charge in [0.1, 0.15) is 0 Å². The van der Waals surface area contributed by atoms with Crippen molar-refractivity contribution in [2.75, 3.05) is 13.7 Å². The first-order valence-electron chi connectivity index (χ1n) is 4.57. The molecule has 0 fully saturated rings. The molecule has 0 aliphatic heterocycles. The lowest BCUT2D eigenvalue weighted by atomic mass is 10.2. The number of benzene rings is 1. The van der Waals surface area contributed by atoms with Crippen LogP contribution in [0.3, 0.4) is 0 Å². The molecule has 0 heterocycles. The largest absolute Gasteiger partial charge is 0.492 e. The molecule has 0 aromatic heterocycles. The standard InChI is InChI=1S/C10H12Br2N2O2/c1-3-16-7-4-6(5-14-13)8(11)9(12)10(7)15-2/h4-5H,3,13H2,1-2H3. The highest BCUT2D eigenvalue weighted by molar-refractivity contribution is 9.13. The molecule has 16 heavy (non-hydrogen) atoms. The van der Waals surface area contributed by atoms with E-state index in [4.69, 9.17) is 15.3 Å². The summed E-state index contributed by atoms with van der Waals surface area (Å²) in [5.41, 5.74) is 0.818. The summed E-state index contributed by atoms with van der Waals surface area (Å²) in [6, 6.07) is 1.81. The van der Waals surface area contributed by atoms with Crippen LogP contribution in [0.1, 0.15) is 12.5 Å². The fourth-order valence-corrected chi connectivity index (χ4v) is 2.21. The van der Waals surface area contributed by atoms with Gasteiger partial charge >= 0.3 is 0 Å². The lowest BCUT2D eigenvalue weighted by molar-refractivity contribution is 0.309. The molecule has 0 aliphatic carbocycles. The topological polar surface area (TPSA) is 56.8 Å². The van der Waals surface area contributed by atoms with E-state index < -0.39 is 0 Å². The van der Waals surface area contributed by atoms with E-state index >= 15 is 0 Å². The van der Waals surface area contributed by atoms with Gasteiger partial charge in [0.15, 0.2) is 11.5 Å². The lowest BCUT2D eigenvalue weighted by Gasteiger charge is -2.13. The van der Waals surface area contributed by atoms with Gasteiger partial charge in [-0.05, 0) is 44.8 Å². The van der Waals surface area contributed by atoms with Crippen LogP contribution in [-0.2, 0) is 0 Å². The molecule has 0 spiro atoms. The zero-order chi connectivity index (χ0) is 12.1. The number of nitrogens with zero attached hydrogens (tertiary/aromatic N) is 1. The first-order valence-corrected chi connectivity index (χ1v) is 6.16. The number of halogens is 2. The highest BCUT2D eigenvalue weighted by Crippen LogP contribution is 2.42. The Hall–Kier alpha value is -0.750. The van der Waals surface area contributed by atoms with Crippen molar-refractivity contribution in [3.05, 3.63) is 20.6 Å². The van der Waals surface area contributed by atoms with E-state index in [-0.39, 0.29) is 0 Å². The van der Waals surface area contributed by atoms with Crippen molar-refractivity contribution in [2.45, 2.75) is 6.92 Å². The van der Waals surface area contributed by atoms with Crippen LogP contribution in [0.4, 0.5) is 0 Å². The van der Waals surface area contributed by atoms with Crippen molar-refractivity contribution < 1.29 is 9.47 Å². The molecule has 1 aromatic carbocycles. The summed E-state index contributed by atoms with van der Waals surface area (Å²) in [7, 11) is 1.59. The van der Waals surface area contributed by atoms with Crippen LogP contribution < -0.4 is 15.3 Å². The van der Waals surface area contributed by atoms with Gasteiger partial charge in [-0.25, -0.2) is 0 Å². The monoisotopic (exact) mass is 350 g/mol. The van der Waals surface area contributed by atoms with Gasteiger partial charge in [-0.2, -0.15) is 5.10 Å². The average Bonchev–Trinajstić information content (AvgIpc) is 2.27. The maximum atomic E-state index is 5.47. The minimum Gasteiger partial charge on any atom is -0.492 e.